The number of pyridine rings is 1. The fourth-order valence-electron chi connectivity index (χ4n) is 1.77. The minimum absolute atomic E-state index is 0.110. The van der Waals surface area contributed by atoms with Gasteiger partial charge in [0.2, 0.25) is 0 Å². The monoisotopic (exact) mass is 259 g/mol. The van der Waals surface area contributed by atoms with Crippen LogP contribution in [-0.4, -0.2) is 16.5 Å². The Morgan fingerprint density at radius 1 is 1.42 bits per heavy atom. The molecule has 19 heavy (non-hydrogen) atoms. The predicted molar refractivity (Wildman–Crippen MR) is 81.4 cm³/mol. The van der Waals surface area contributed by atoms with Crippen LogP contribution in [-0.2, 0) is 0 Å². The molecule has 1 heterocycles. The van der Waals surface area contributed by atoms with Gasteiger partial charge in [0.1, 0.15) is 0 Å². The van der Waals surface area contributed by atoms with E-state index in [1.807, 2.05) is 23.2 Å². The molecule has 1 aromatic rings. The average molecular weight is 259 g/mol. The number of nitrogens with zero attached hydrogens (tertiary/aromatic N) is 2. The van der Waals surface area contributed by atoms with E-state index in [1.54, 1.807) is 6.20 Å². The highest BCUT2D eigenvalue weighted by molar-refractivity contribution is 5.23. The van der Waals surface area contributed by atoms with Crippen LogP contribution in [0.5, 0.6) is 0 Å². The van der Waals surface area contributed by atoms with Crippen LogP contribution < -0.4 is 5.84 Å². The summed E-state index contributed by atoms with van der Waals surface area (Å²) in [5, 5.41) is 1.83. The second kappa shape index (κ2) is 7.87. The zero-order chi connectivity index (χ0) is 14.3. The van der Waals surface area contributed by atoms with Gasteiger partial charge in [-0.05, 0) is 39.3 Å². The maximum atomic E-state index is 6.15. The van der Waals surface area contributed by atoms with Crippen LogP contribution in [0.25, 0.3) is 0 Å². The molecule has 0 fully saturated rings. The van der Waals surface area contributed by atoms with Crippen molar-refractivity contribution in [2.24, 2.45) is 5.84 Å². The Kier molecular flexibility index (Phi) is 6.46. The molecule has 0 amide bonds. The molecule has 0 aliphatic heterocycles. The van der Waals surface area contributed by atoms with Gasteiger partial charge in [0, 0.05) is 12.7 Å². The van der Waals surface area contributed by atoms with E-state index in [9.17, 15) is 0 Å². The minimum atomic E-state index is 0.110. The lowest BCUT2D eigenvalue weighted by Crippen LogP contribution is -2.35. The Bertz CT molecular complexity index is 435. The molecule has 0 aliphatic carbocycles. The minimum Gasteiger partial charge on any atom is -0.268 e. The van der Waals surface area contributed by atoms with E-state index in [0.717, 1.165) is 18.7 Å². The number of hydrogen-bond donors (Lipinski definition) is 1. The number of rotatable bonds is 6. The third-order valence-electron chi connectivity index (χ3n) is 3.31. The van der Waals surface area contributed by atoms with E-state index in [2.05, 4.69) is 44.8 Å². The molecule has 0 aromatic carbocycles. The van der Waals surface area contributed by atoms with Gasteiger partial charge in [-0.1, -0.05) is 36.3 Å². The van der Waals surface area contributed by atoms with E-state index >= 15 is 0 Å². The molecule has 0 saturated carbocycles. The van der Waals surface area contributed by atoms with E-state index < -0.39 is 0 Å². The number of nitrogens with two attached hydrogens (primary N) is 1. The summed E-state index contributed by atoms with van der Waals surface area (Å²) in [5.74, 6) is 6.15. The van der Waals surface area contributed by atoms with Crippen molar-refractivity contribution in [1.82, 2.24) is 9.99 Å². The highest BCUT2D eigenvalue weighted by atomic mass is 15.4. The van der Waals surface area contributed by atoms with Gasteiger partial charge in [0.25, 0.3) is 0 Å². The highest BCUT2D eigenvalue weighted by Gasteiger charge is 2.13. The van der Waals surface area contributed by atoms with Crippen molar-refractivity contribution in [3.63, 3.8) is 0 Å². The maximum Gasteiger partial charge on any atom is 0.0638 e. The van der Waals surface area contributed by atoms with Crippen LogP contribution in [0.2, 0.25) is 0 Å². The number of allylic oxidation sites excluding steroid dienone is 3. The van der Waals surface area contributed by atoms with Crippen molar-refractivity contribution in [2.45, 2.75) is 40.2 Å². The fourth-order valence-corrected chi connectivity index (χ4v) is 1.77. The van der Waals surface area contributed by atoms with Gasteiger partial charge >= 0.3 is 0 Å². The average Bonchev–Trinajstić information content (AvgIpc) is 2.44. The van der Waals surface area contributed by atoms with Gasteiger partial charge in [0.05, 0.1) is 11.7 Å². The largest absolute Gasteiger partial charge is 0.268 e. The normalized spacial score (nSPS) is 14.8. The molecule has 0 aliphatic rings. The van der Waals surface area contributed by atoms with Crippen molar-refractivity contribution < 1.29 is 0 Å². The van der Waals surface area contributed by atoms with Crippen LogP contribution >= 0.6 is 0 Å². The molecular formula is C16H25N3. The van der Waals surface area contributed by atoms with Gasteiger partial charge in [-0.3, -0.25) is 10.8 Å². The fraction of sp³-hybridized carbons (Fsp3) is 0.438. The summed E-state index contributed by atoms with van der Waals surface area (Å²) in [6.07, 6.45) is 7.19. The first-order chi connectivity index (χ1) is 9.06. The van der Waals surface area contributed by atoms with Crippen molar-refractivity contribution in [2.75, 3.05) is 6.54 Å². The number of hydrogen-bond acceptors (Lipinski definition) is 3. The molecule has 2 N–H and O–H groups in total. The lowest BCUT2D eigenvalue weighted by Gasteiger charge is -2.24. The Hall–Kier alpha value is -1.45. The van der Waals surface area contributed by atoms with Crippen molar-refractivity contribution in [3.05, 3.63) is 53.4 Å². The predicted octanol–water partition coefficient (Wildman–Crippen LogP) is 3.62. The van der Waals surface area contributed by atoms with Crippen molar-refractivity contribution in [1.29, 1.82) is 0 Å². The molecule has 104 valence electrons. The van der Waals surface area contributed by atoms with Crippen LogP contribution in [0.1, 0.15) is 45.9 Å². The Morgan fingerprint density at radius 3 is 2.74 bits per heavy atom. The second-order valence-electron chi connectivity index (χ2n) is 4.88. The van der Waals surface area contributed by atoms with Gasteiger partial charge in [0.15, 0.2) is 0 Å². The Balaban J connectivity index is 2.69. The Morgan fingerprint density at radius 2 is 2.16 bits per heavy atom. The van der Waals surface area contributed by atoms with E-state index in [4.69, 9.17) is 5.84 Å². The van der Waals surface area contributed by atoms with Gasteiger partial charge in [-0.15, -0.1) is 0 Å². The molecule has 0 saturated heterocycles. The summed E-state index contributed by atoms with van der Waals surface area (Å²) in [5.41, 5.74) is 3.57. The highest BCUT2D eigenvalue weighted by Crippen LogP contribution is 2.16. The third kappa shape index (κ3) is 4.97. The maximum absolute atomic E-state index is 6.15. The zero-order valence-corrected chi connectivity index (χ0v) is 12.4. The quantitative estimate of drug-likeness (QED) is 0.482. The molecule has 0 bridgehead atoms. The lowest BCUT2D eigenvalue weighted by atomic mass is 10.1. The smallest absolute Gasteiger partial charge is 0.0638 e. The van der Waals surface area contributed by atoms with Crippen molar-refractivity contribution >= 4 is 0 Å². The summed E-state index contributed by atoms with van der Waals surface area (Å²) in [7, 11) is 0. The standard InChI is InChI=1S/C16H25N3/c1-5-6-9-13(2)14(3)12-19(17)15(4)16-10-7-8-11-18-16/h6-11,15H,5,12,17H2,1-4H3/b9-6-,14-13+. The van der Waals surface area contributed by atoms with Crippen LogP contribution in [0.3, 0.4) is 0 Å². The summed E-state index contributed by atoms with van der Waals surface area (Å²) < 4.78 is 0. The van der Waals surface area contributed by atoms with Crippen molar-refractivity contribution in [3.8, 4) is 0 Å². The van der Waals surface area contributed by atoms with Crippen LogP contribution in [0.4, 0.5) is 0 Å². The molecule has 1 rings (SSSR count). The molecule has 3 heteroatoms. The molecule has 1 aromatic heterocycles. The summed E-state index contributed by atoms with van der Waals surface area (Å²) in [6.45, 7) is 9.21. The first-order valence-electron chi connectivity index (χ1n) is 6.81. The number of hydrazine groups is 1. The number of aromatic nitrogens is 1. The third-order valence-corrected chi connectivity index (χ3v) is 3.31. The van der Waals surface area contributed by atoms with Gasteiger partial charge in [-0.25, -0.2) is 5.01 Å². The first-order valence-corrected chi connectivity index (χ1v) is 6.81. The summed E-state index contributed by atoms with van der Waals surface area (Å²) in [4.78, 5) is 4.35. The molecule has 1 unspecified atom stereocenters. The summed E-state index contributed by atoms with van der Waals surface area (Å²) >= 11 is 0. The molecule has 1 atom stereocenters. The molecular weight excluding hydrogens is 234 g/mol. The van der Waals surface area contributed by atoms with Crippen LogP contribution in [0, 0.1) is 0 Å². The van der Waals surface area contributed by atoms with E-state index in [0.29, 0.717) is 0 Å². The zero-order valence-electron chi connectivity index (χ0n) is 12.4. The molecule has 0 spiro atoms. The lowest BCUT2D eigenvalue weighted by molar-refractivity contribution is 0.231. The second-order valence-corrected chi connectivity index (χ2v) is 4.88. The Labute approximate surface area is 116 Å². The van der Waals surface area contributed by atoms with Gasteiger partial charge in [-0.2, -0.15) is 0 Å². The topological polar surface area (TPSA) is 42.1 Å². The van der Waals surface area contributed by atoms with Crippen LogP contribution in [0.15, 0.2) is 47.7 Å². The SMILES string of the molecule is CC/C=C\C(C)=C(/C)CN(N)C(C)c1ccccn1. The van der Waals surface area contributed by atoms with E-state index in [-0.39, 0.29) is 6.04 Å². The van der Waals surface area contributed by atoms with E-state index in [1.165, 1.54) is 11.1 Å². The first kappa shape index (κ1) is 15.6. The summed E-state index contributed by atoms with van der Waals surface area (Å²) in [6, 6.07) is 6.03. The molecule has 0 radical (unpaired) electrons. The molecule has 3 nitrogen and oxygen atoms in total. The van der Waals surface area contributed by atoms with Gasteiger partial charge < -0.3 is 0 Å².